The van der Waals surface area contributed by atoms with Crippen LogP contribution in [0.5, 0.6) is 0 Å². The van der Waals surface area contributed by atoms with E-state index in [1.54, 1.807) is 23.5 Å². The molecule has 4 nitrogen and oxygen atoms in total. The zero-order valence-electron chi connectivity index (χ0n) is 10.5. The normalized spacial score (nSPS) is 13.5. The van der Waals surface area contributed by atoms with Crippen molar-refractivity contribution in [1.82, 2.24) is 5.32 Å². The number of rotatable bonds is 3. The highest BCUT2D eigenvalue weighted by Gasteiger charge is 2.17. The summed E-state index contributed by atoms with van der Waals surface area (Å²) in [6, 6.07) is 9.32. The Hall–Kier alpha value is -1.79. The van der Waals surface area contributed by atoms with Crippen LogP contribution in [0.25, 0.3) is 0 Å². The summed E-state index contributed by atoms with van der Waals surface area (Å²) < 4.78 is 0. The summed E-state index contributed by atoms with van der Waals surface area (Å²) in [6.07, 6.45) is 0. The van der Waals surface area contributed by atoms with E-state index in [9.17, 15) is 9.59 Å². The molecule has 2 N–H and O–H groups in total. The minimum atomic E-state index is -0.133. The van der Waals surface area contributed by atoms with Gasteiger partial charge in [0.25, 0.3) is 5.91 Å². The highest BCUT2D eigenvalue weighted by atomic mass is 32.2. The number of thioether (sulfide) groups is 1. The van der Waals surface area contributed by atoms with Crippen molar-refractivity contribution in [3.8, 4) is 0 Å². The molecule has 1 aromatic carbocycles. The smallest absolute Gasteiger partial charge is 0.251 e. The van der Waals surface area contributed by atoms with Gasteiger partial charge in [-0.3, -0.25) is 9.59 Å². The molecule has 0 radical (unpaired) electrons. The molecule has 3 rings (SSSR count). The van der Waals surface area contributed by atoms with Gasteiger partial charge in [-0.05, 0) is 29.6 Å². The van der Waals surface area contributed by atoms with E-state index in [0.717, 1.165) is 15.5 Å². The lowest BCUT2D eigenvalue weighted by Gasteiger charge is -2.16. The number of hydrogen-bond acceptors (Lipinski definition) is 4. The van der Waals surface area contributed by atoms with Crippen molar-refractivity contribution < 1.29 is 9.59 Å². The van der Waals surface area contributed by atoms with E-state index in [1.165, 1.54) is 11.8 Å². The largest absolute Gasteiger partial charge is 0.347 e. The van der Waals surface area contributed by atoms with E-state index in [4.69, 9.17) is 0 Å². The Balaban J connectivity index is 1.72. The van der Waals surface area contributed by atoms with Gasteiger partial charge < -0.3 is 10.6 Å². The molecule has 2 aromatic rings. The highest BCUT2D eigenvalue weighted by molar-refractivity contribution is 8.00. The molecular weight excluding hydrogens is 292 g/mol. The average molecular weight is 304 g/mol. The standard InChI is InChI=1S/C14H12N2O2S2/c17-13-8-20-12-4-3-9(6-11(12)16-13)14(18)15-7-10-2-1-5-19-10/h1-6H,7-8H2,(H,15,18)(H,16,17). The summed E-state index contributed by atoms with van der Waals surface area (Å²) in [5.41, 5.74) is 1.28. The molecule has 2 heterocycles. The quantitative estimate of drug-likeness (QED) is 0.916. The third-order valence-corrected chi connectivity index (χ3v) is 4.83. The number of hydrogen-bond donors (Lipinski definition) is 2. The van der Waals surface area contributed by atoms with Crippen LogP contribution in [0.1, 0.15) is 15.2 Å². The summed E-state index contributed by atoms with van der Waals surface area (Å²) in [5.74, 6) is 0.265. The summed E-state index contributed by atoms with van der Waals surface area (Å²) in [6.45, 7) is 0.523. The van der Waals surface area contributed by atoms with E-state index in [-0.39, 0.29) is 11.8 Å². The van der Waals surface area contributed by atoms with Gasteiger partial charge in [-0.15, -0.1) is 23.1 Å². The number of anilines is 1. The molecule has 0 spiro atoms. The van der Waals surface area contributed by atoms with E-state index < -0.39 is 0 Å². The molecule has 6 heteroatoms. The molecular formula is C14H12N2O2S2. The lowest BCUT2D eigenvalue weighted by atomic mass is 10.2. The first kappa shape index (κ1) is 13.2. The maximum Gasteiger partial charge on any atom is 0.251 e. The summed E-state index contributed by atoms with van der Waals surface area (Å²) in [5, 5.41) is 7.64. The molecule has 0 atom stereocenters. The number of carbonyl (C=O) groups excluding carboxylic acids is 2. The molecule has 0 fully saturated rings. The van der Waals surface area contributed by atoms with Crippen LogP contribution in [0.15, 0.2) is 40.6 Å². The molecule has 0 aliphatic carbocycles. The van der Waals surface area contributed by atoms with Crippen molar-refractivity contribution in [2.45, 2.75) is 11.4 Å². The van der Waals surface area contributed by atoms with E-state index in [1.807, 2.05) is 23.6 Å². The predicted molar refractivity (Wildman–Crippen MR) is 81.3 cm³/mol. The molecule has 0 bridgehead atoms. The second-order valence-corrected chi connectivity index (χ2v) is 6.36. The molecule has 1 aliphatic heterocycles. The number of carbonyl (C=O) groups is 2. The van der Waals surface area contributed by atoms with Crippen molar-refractivity contribution in [2.75, 3.05) is 11.1 Å². The average Bonchev–Trinajstić information content (AvgIpc) is 2.97. The van der Waals surface area contributed by atoms with Crippen molar-refractivity contribution in [3.63, 3.8) is 0 Å². The Labute approximate surface area is 124 Å². The zero-order chi connectivity index (χ0) is 13.9. The van der Waals surface area contributed by atoms with Crippen LogP contribution in [-0.4, -0.2) is 17.6 Å². The number of amides is 2. The molecule has 20 heavy (non-hydrogen) atoms. The molecule has 0 saturated carbocycles. The van der Waals surface area contributed by atoms with Crippen molar-refractivity contribution in [3.05, 3.63) is 46.2 Å². The van der Waals surface area contributed by atoms with Crippen molar-refractivity contribution in [1.29, 1.82) is 0 Å². The minimum Gasteiger partial charge on any atom is -0.347 e. The van der Waals surface area contributed by atoms with Gasteiger partial charge in [0.1, 0.15) is 0 Å². The Bertz CT molecular complexity index is 653. The molecule has 2 amide bonds. The Kier molecular flexibility index (Phi) is 3.75. The second-order valence-electron chi connectivity index (χ2n) is 4.31. The monoisotopic (exact) mass is 304 g/mol. The van der Waals surface area contributed by atoms with Crippen LogP contribution in [0.2, 0.25) is 0 Å². The SMILES string of the molecule is O=C1CSc2ccc(C(=O)NCc3cccs3)cc2N1. The first-order valence-corrected chi connectivity index (χ1v) is 7.96. The van der Waals surface area contributed by atoms with Gasteiger partial charge in [-0.1, -0.05) is 6.07 Å². The Morgan fingerprint density at radius 3 is 3.05 bits per heavy atom. The first-order chi connectivity index (χ1) is 9.72. The molecule has 1 aliphatic rings. The topological polar surface area (TPSA) is 58.2 Å². The van der Waals surface area contributed by atoms with Gasteiger partial charge in [0.05, 0.1) is 18.0 Å². The van der Waals surface area contributed by atoms with E-state index in [2.05, 4.69) is 10.6 Å². The van der Waals surface area contributed by atoms with Crippen LogP contribution in [0.4, 0.5) is 5.69 Å². The van der Waals surface area contributed by atoms with Gasteiger partial charge >= 0.3 is 0 Å². The third kappa shape index (κ3) is 2.86. The van der Waals surface area contributed by atoms with Gasteiger partial charge in [-0.2, -0.15) is 0 Å². The maximum absolute atomic E-state index is 12.1. The van der Waals surface area contributed by atoms with E-state index >= 15 is 0 Å². The maximum atomic E-state index is 12.1. The van der Waals surface area contributed by atoms with Gasteiger partial charge in [-0.25, -0.2) is 0 Å². The predicted octanol–water partition coefficient (Wildman–Crippen LogP) is 2.72. The molecule has 1 aromatic heterocycles. The molecule has 0 unspecified atom stereocenters. The number of nitrogens with one attached hydrogen (secondary N) is 2. The fourth-order valence-corrected chi connectivity index (χ4v) is 3.34. The fraction of sp³-hybridized carbons (Fsp3) is 0.143. The highest BCUT2D eigenvalue weighted by Crippen LogP contribution is 2.31. The van der Waals surface area contributed by atoms with Gasteiger partial charge in [0, 0.05) is 15.3 Å². The number of fused-ring (bicyclic) bond motifs is 1. The number of thiophene rings is 1. The van der Waals surface area contributed by atoms with Crippen LogP contribution in [0.3, 0.4) is 0 Å². The number of benzene rings is 1. The van der Waals surface area contributed by atoms with Crippen LogP contribution < -0.4 is 10.6 Å². The van der Waals surface area contributed by atoms with Crippen molar-refractivity contribution in [2.24, 2.45) is 0 Å². The van der Waals surface area contributed by atoms with Gasteiger partial charge in [0.15, 0.2) is 0 Å². The summed E-state index contributed by atoms with van der Waals surface area (Å²) >= 11 is 3.09. The Morgan fingerprint density at radius 1 is 1.35 bits per heavy atom. The molecule has 102 valence electrons. The van der Waals surface area contributed by atoms with Crippen molar-refractivity contribution >= 4 is 40.6 Å². The third-order valence-electron chi connectivity index (χ3n) is 2.88. The first-order valence-electron chi connectivity index (χ1n) is 6.09. The minimum absolute atomic E-state index is 0.0290. The van der Waals surface area contributed by atoms with E-state index in [0.29, 0.717) is 17.9 Å². The Morgan fingerprint density at radius 2 is 2.25 bits per heavy atom. The molecule has 0 saturated heterocycles. The summed E-state index contributed by atoms with van der Waals surface area (Å²) in [4.78, 5) is 25.5. The lowest BCUT2D eigenvalue weighted by molar-refractivity contribution is -0.113. The van der Waals surface area contributed by atoms with Crippen LogP contribution in [0, 0.1) is 0 Å². The van der Waals surface area contributed by atoms with Crippen LogP contribution >= 0.6 is 23.1 Å². The second kappa shape index (κ2) is 5.68. The summed E-state index contributed by atoms with van der Waals surface area (Å²) in [7, 11) is 0. The van der Waals surface area contributed by atoms with Gasteiger partial charge in [0.2, 0.25) is 5.91 Å². The zero-order valence-corrected chi connectivity index (χ0v) is 12.1. The lowest BCUT2D eigenvalue weighted by Crippen LogP contribution is -2.23. The fourth-order valence-electron chi connectivity index (χ4n) is 1.91. The van der Waals surface area contributed by atoms with Crippen LogP contribution in [-0.2, 0) is 11.3 Å².